The van der Waals surface area contributed by atoms with Crippen molar-refractivity contribution in [3.63, 3.8) is 0 Å². The lowest BCUT2D eigenvalue weighted by molar-refractivity contribution is 1.08. The molecule has 0 amide bonds. The van der Waals surface area contributed by atoms with E-state index in [1.54, 1.807) is 0 Å². The molecule has 0 atom stereocenters. The zero-order valence-electron chi connectivity index (χ0n) is 28.0. The fourth-order valence-corrected chi connectivity index (χ4v) is 8.72. The molecule has 4 aromatic heterocycles. The molecule has 12 rings (SSSR count). The maximum absolute atomic E-state index is 5.48. The molecule has 0 saturated heterocycles. The summed E-state index contributed by atoms with van der Waals surface area (Å²) in [5.41, 5.74) is 10.3. The molecule has 0 aliphatic carbocycles. The molecule has 8 aromatic carbocycles. The van der Waals surface area contributed by atoms with Gasteiger partial charge in [-0.05, 0) is 64.4 Å². The second-order valence-corrected chi connectivity index (χ2v) is 13.8. The van der Waals surface area contributed by atoms with Gasteiger partial charge in [0.1, 0.15) is 5.82 Å². The molecule has 0 aliphatic rings. The van der Waals surface area contributed by atoms with Crippen LogP contribution in [0.15, 0.2) is 170 Å². The third-order valence-corrected chi connectivity index (χ3v) is 11.0. The van der Waals surface area contributed by atoms with Gasteiger partial charge in [-0.2, -0.15) is 0 Å². The third kappa shape index (κ3) is 3.70. The Morgan fingerprint density at radius 2 is 1.04 bits per heavy atom. The van der Waals surface area contributed by atoms with E-state index in [0.29, 0.717) is 5.82 Å². The van der Waals surface area contributed by atoms with E-state index < -0.39 is 0 Å². The molecule has 52 heavy (non-hydrogen) atoms. The van der Waals surface area contributed by atoms with Crippen LogP contribution >= 0.6 is 0 Å². The van der Waals surface area contributed by atoms with Crippen molar-refractivity contribution in [2.45, 2.75) is 0 Å². The summed E-state index contributed by atoms with van der Waals surface area (Å²) in [6.45, 7) is 0. The Kier molecular flexibility index (Phi) is 5.47. The average Bonchev–Trinajstić information content (AvgIpc) is 3.85. The van der Waals surface area contributed by atoms with E-state index in [2.05, 4.69) is 179 Å². The van der Waals surface area contributed by atoms with Crippen LogP contribution in [-0.2, 0) is 0 Å². The summed E-state index contributed by atoms with van der Waals surface area (Å²) in [6.07, 6.45) is 0. The summed E-state index contributed by atoms with van der Waals surface area (Å²) in [4.78, 5) is 10.6. The van der Waals surface area contributed by atoms with Gasteiger partial charge in [0.05, 0.1) is 33.1 Å². The van der Waals surface area contributed by atoms with Gasteiger partial charge in [0.2, 0.25) is 0 Å². The summed E-state index contributed by atoms with van der Waals surface area (Å²) >= 11 is 0. The van der Waals surface area contributed by atoms with Crippen molar-refractivity contribution in [2.24, 2.45) is 0 Å². The maximum Gasteiger partial charge on any atom is 0.162 e. The number of nitrogens with zero attached hydrogens (tertiary/aromatic N) is 4. The number of hydrogen-bond donors (Lipinski definition) is 0. The topological polar surface area (TPSA) is 35.1 Å². The molecule has 4 heteroatoms. The van der Waals surface area contributed by atoms with Crippen molar-refractivity contribution in [3.05, 3.63) is 170 Å². The summed E-state index contributed by atoms with van der Waals surface area (Å²) < 4.78 is 4.90. The largest absolute Gasteiger partial charge is 0.308 e. The summed E-state index contributed by atoms with van der Waals surface area (Å²) in [7, 11) is 0. The molecule has 0 radical (unpaired) electrons. The van der Waals surface area contributed by atoms with E-state index in [1.165, 1.54) is 76.3 Å². The van der Waals surface area contributed by atoms with E-state index in [1.807, 2.05) is 0 Å². The molecule has 0 saturated carbocycles. The Balaban J connectivity index is 1.25. The van der Waals surface area contributed by atoms with Crippen LogP contribution in [0.25, 0.3) is 110 Å². The van der Waals surface area contributed by atoms with Crippen molar-refractivity contribution < 1.29 is 0 Å². The first-order valence-electron chi connectivity index (χ1n) is 17.8. The number of benzene rings is 8. The number of hydrogen-bond acceptors (Lipinski definition) is 2. The molecule has 0 aliphatic heterocycles. The van der Waals surface area contributed by atoms with Gasteiger partial charge in [0.25, 0.3) is 0 Å². The zero-order chi connectivity index (χ0) is 33.9. The summed E-state index contributed by atoms with van der Waals surface area (Å²) in [5, 5.41) is 10.8. The van der Waals surface area contributed by atoms with Crippen LogP contribution in [0, 0.1) is 0 Å². The Hall–Kier alpha value is -7.04. The van der Waals surface area contributed by atoms with Gasteiger partial charge in [0.15, 0.2) is 5.82 Å². The maximum atomic E-state index is 5.48. The van der Waals surface area contributed by atoms with Crippen molar-refractivity contribution in [3.8, 4) is 28.3 Å². The zero-order valence-corrected chi connectivity index (χ0v) is 28.0. The normalized spacial score (nSPS) is 12.2. The lowest BCUT2D eigenvalue weighted by atomic mass is 10.0. The highest BCUT2D eigenvalue weighted by Crippen LogP contribution is 2.47. The number of rotatable bonds is 3. The van der Waals surface area contributed by atoms with Crippen molar-refractivity contribution in [2.75, 3.05) is 0 Å². The van der Waals surface area contributed by atoms with Gasteiger partial charge in [0, 0.05) is 43.3 Å². The van der Waals surface area contributed by atoms with Crippen LogP contribution in [-0.4, -0.2) is 18.9 Å². The molecule has 0 N–H and O–H groups in total. The number of para-hydroxylation sites is 3. The highest BCUT2D eigenvalue weighted by Gasteiger charge is 2.26. The van der Waals surface area contributed by atoms with Crippen LogP contribution < -0.4 is 0 Å². The minimum atomic E-state index is 0.714. The van der Waals surface area contributed by atoms with Gasteiger partial charge in [-0.15, -0.1) is 0 Å². The highest BCUT2D eigenvalue weighted by atomic mass is 15.1. The van der Waals surface area contributed by atoms with Crippen molar-refractivity contribution in [1.82, 2.24) is 18.9 Å². The van der Waals surface area contributed by atoms with Gasteiger partial charge >= 0.3 is 0 Å². The Morgan fingerprint density at radius 1 is 0.365 bits per heavy atom. The van der Waals surface area contributed by atoms with E-state index in [4.69, 9.17) is 9.97 Å². The van der Waals surface area contributed by atoms with Gasteiger partial charge in [-0.25, -0.2) is 9.97 Å². The van der Waals surface area contributed by atoms with Crippen LogP contribution in [0.3, 0.4) is 0 Å². The van der Waals surface area contributed by atoms with Crippen LogP contribution in [0.1, 0.15) is 0 Å². The molecule has 0 spiro atoms. The van der Waals surface area contributed by atoms with E-state index in [9.17, 15) is 0 Å². The smallest absolute Gasteiger partial charge is 0.162 e. The van der Waals surface area contributed by atoms with Crippen LogP contribution in [0.4, 0.5) is 0 Å². The fourth-order valence-electron chi connectivity index (χ4n) is 8.72. The fraction of sp³-hybridized carbons (Fsp3) is 0. The average molecular weight is 661 g/mol. The lowest BCUT2D eigenvalue weighted by Crippen LogP contribution is -2.03. The quantitative estimate of drug-likeness (QED) is 0.189. The van der Waals surface area contributed by atoms with E-state index in [-0.39, 0.29) is 0 Å². The van der Waals surface area contributed by atoms with Gasteiger partial charge in [-0.3, -0.25) is 4.57 Å². The number of fused-ring (bicyclic) bond motifs is 12. The molecule has 4 heterocycles. The second kappa shape index (κ2) is 10.3. The lowest BCUT2D eigenvalue weighted by Gasteiger charge is -2.13. The number of aromatic nitrogens is 4. The predicted molar refractivity (Wildman–Crippen MR) is 217 cm³/mol. The molecular formula is C48H28N4. The minimum absolute atomic E-state index is 0.714. The van der Waals surface area contributed by atoms with Crippen molar-refractivity contribution >= 4 is 81.6 Å². The van der Waals surface area contributed by atoms with Crippen LogP contribution in [0.5, 0.6) is 0 Å². The minimum Gasteiger partial charge on any atom is -0.308 e. The highest BCUT2D eigenvalue weighted by molar-refractivity contribution is 6.34. The second-order valence-electron chi connectivity index (χ2n) is 13.8. The first-order chi connectivity index (χ1) is 25.8. The predicted octanol–water partition coefficient (Wildman–Crippen LogP) is 12.4. The van der Waals surface area contributed by atoms with E-state index in [0.717, 1.165) is 27.8 Å². The molecular weight excluding hydrogens is 633 g/mol. The first-order valence-corrected chi connectivity index (χ1v) is 17.8. The molecule has 0 fully saturated rings. The molecule has 0 bridgehead atoms. The first kappa shape index (κ1) is 27.7. The monoisotopic (exact) mass is 660 g/mol. The van der Waals surface area contributed by atoms with Crippen molar-refractivity contribution in [1.29, 1.82) is 0 Å². The molecule has 4 nitrogen and oxygen atoms in total. The Labute approximate surface area is 297 Å². The standard InChI is InChI=1S/C48H28N4/c1-2-12-29(13-3-1)32-24-25-35-39-28-38-34-16-7-10-20-41(34)52(46(38)44-37-18-8-11-21-42(37)51(45(39)44)43(35)27-32)48-36-17-6-9-19-40(36)49-47(50-48)33-23-22-30-14-4-5-15-31(30)26-33/h1-28H. The Morgan fingerprint density at radius 3 is 1.92 bits per heavy atom. The van der Waals surface area contributed by atoms with E-state index >= 15 is 0 Å². The molecule has 12 aromatic rings. The van der Waals surface area contributed by atoms with Gasteiger partial charge in [-0.1, -0.05) is 127 Å². The SMILES string of the molecule is c1ccc(-c2ccc3c4cc5c6ccccc6n(-c6nc(-c7ccc8ccccc8c7)nc7ccccc67)c5c5c6ccccc6n(c3c2)c45)cc1. The Bertz CT molecular complexity index is 3410. The molecule has 0 unspecified atom stereocenters. The summed E-state index contributed by atoms with van der Waals surface area (Å²) in [5.74, 6) is 1.60. The van der Waals surface area contributed by atoms with Crippen LogP contribution in [0.2, 0.25) is 0 Å². The third-order valence-electron chi connectivity index (χ3n) is 11.0. The van der Waals surface area contributed by atoms with Gasteiger partial charge < -0.3 is 4.40 Å². The summed E-state index contributed by atoms with van der Waals surface area (Å²) in [6, 6.07) is 61.1. The molecule has 240 valence electrons.